The molecular formula is C21H23N5O3. The lowest BCUT2D eigenvalue weighted by molar-refractivity contribution is -0.131. The molecule has 0 bridgehead atoms. The number of aromatic nitrogens is 4. The fraction of sp³-hybridized carbons (Fsp3) is 0.333. The highest BCUT2D eigenvalue weighted by molar-refractivity contribution is 5.85. The van der Waals surface area contributed by atoms with Gasteiger partial charge < -0.3 is 10.4 Å². The van der Waals surface area contributed by atoms with Gasteiger partial charge in [0.05, 0.1) is 0 Å². The maximum absolute atomic E-state index is 13.0. The van der Waals surface area contributed by atoms with Gasteiger partial charge in [-0.25, -0.2) is 19.6 Å². The number of rotatable bonds is 6. The largest absolute Gasteiger partial charge is 0.478 e. The van der Waals surface area contributed by atoms with Gasteiger partial charge in [0.2, 0.25) is 0 Å². The Hall–Kier alpha value is -3.42. The number of nitrogens with zero attached hydrogens (tertiary/aromatic N) is 4. The Morgan fingerprint density at radius 3 is 2.69 bits per heavy atom. The molecule has 0 amide bonds. The lowest BCUT2D eigenvalue weighted by Crippen LogP contribution is -2.32. The zero-order valence-electron chi connectivity index (χ0n) is 16.4. The van der Waals surface area contributed by atoms with Gasteiger partial charge in [-0.3, -0.25) is 9.13 Å². The molecule has 0 aliphatic carbocycles. The summed E-state index contributed by atoms with van der Waals surface area (Å²) in [7, 11) is 0. The second-order valence-corrected chi connectivity index (χ2v) is 7.16. The summed E-state index contributed by atoms with van der Waals surface area (Å²) in [6, 6.07) is 7.56. The van der Waals surface area contributed by atoms with Gasteiger partial charge in [-0.05, 0) is 24.5 Å². The molecule has 8 heteroatoms. The van der Waals surface area contributed by atoms with E-state index in [2.05, 4.69) is 17.2 Å². The number of fused-ring (bicyclic) bond motifs is 3. The third kappa shape index (κ3) is 3.41. The van der Waals surface area contributed by atoms with Crippen LogP contribution in [-0.2, 0) is 17.9 Å². The highest BCUT2D eigenvalue weighted by Crippen LogP contribution is 2.33. The van der Waals surface area contributed by atoms with Crippen molar-refractivity contribution in [2.24, 2.45) is 0 Å². The van der Waals surface area contributed by atoms with Crippen LogP contribution in [0.3, 0.4) is 0 Å². The molecule has 0 radical (unpaired) electrons. The average molecular weight is 393 g/mol. The Kier molecular flexibility index (Phi) is 4.92. The van der Waals surface area contributed by atoms with E-state index >= 15 is 0 Å². The minimum absolute atomic E-state index is 0.0570. The van der Waals surface area contributed by atoms with Crippen LogP contribution >= 0.6 is 0 Å². The number of carboxylic acids is 1. The van der Waals surface area contributed by atoms with Crippen LogP contribution in [0.15, 0.2) is 35.1 Å². The van der Waals surface area contributed by atoms with E-state index in [0.717, 1.165) is 35.9 Å². The lowest BCUT2D eigenvalue weighted by Gasteiger charge is -2.13. The number of carbonyl (C=O) groups is 1. The monoisotopic (exact) mass is 393 g/mol. The molecule has 29 heavy (non-hydrogen) atoms. The second-order valence-electron chi connectivity index (χ2n) is 7.16. The predicted molar refractivity (Wildman–Crippen MR) is 111 cm³/mol. The van der Waals surface area contributed by atoms with E-state index in [4.69, 9.17) is 10.1 Å². The molecule has 3 aliphatic heterocycles. The van der Waals surface area contributed by atoms with Gasteiger partial charge in [0.15, 0.2) is 11.6 Å². The normalized spacial score (nSPS) is 15.7. The van der Waals surface area contributed by atoms with Crippen molar-refractivity contribution >= 4 is 17.9 Å². The summed E-state index contributed by atoms with van der Waals surface area (Å²) in [5, 5.41) is 12.2. The number of aliphatic carboxylic acids is 1. The molecule has 0 fully saturated rings. The molecular weight excluding hydrogens is 370 g/mol. The van der Waals surface area contributed by atoms with Crippen LogP contribution in [0.25, 0.3) is 29.0 Å². The summed E-state index contributed by atoms with van der Waals surface area (Å²) in [6.07, 6.45) is 4.38. The third-order valence-corrected chi connectivity index (χ3v) is 5.12. The van der Waals surface area contributed by atoms with E-state index in [1.807, 2.05) is 31.2 Å². The number of imidazole rings is 1. The third-order valence-electron chi connectivity index (χ3n) is 5.12. The van der Waals surface area contributed by atoms with Crippen molar-refractivity contribution in [3.8, 4) is 22.9 Å². The Morgan fingerprint density at radius 2 is 2.03 bits per heavy atom. The minimum Gasteiger partial charge on any atom is -0.478 e. The van der Waals surface area contributed by atoms with Gasteiger partial charge in [-0.2, -0.15) is 0 Å². The van der Waals surface area contributed by atoms with Crippen molar-refractivity contribution in [1.29, 1.82) is 0 Å². The fourth-order valence-corrected chi connectivity index (χ4v) is 3.61. The molecule has 3 heterocycles. The van der Waals surface area contributed by atoms with E-state index < -0.39 is 5.97 Å². The van der Waals surface area contributed by atoms with Crippen molar-refractivity contribution < 1.29 is 9.90 Å². The van der Waals surface area contributed by atoms with E-state index in [1.165, 1.54) is 6.08 Å². The van der Waals surface area contributed by atoms with Crippen molar-refractivity contribution in [3.05, 3.63) is 46.4 Å². The van der Waals surface area contributed by atoms with Gasteiger partial charge >= 0.3 is 11.7 Å². The van der Waals surface area contributed by atoms with Crippen molar-refractivity contribution in [3.63, 3.8) is 0 Å². The Balaban J connectivity index is 1.80. The lowest BCUT2D eigenvalue weighted by atomic mass is 10.1. The molecule has 0 saturated heterocycles. The summed E-state index contributed by atoms with van der Waals surface area (Å²) in [5.41, 5.74) is 2.24. The molecule has 3 aliphatic rings. The highest BCUT2D eigenvalue weighted by Gasteiger charge is 2.31. The van der Waals surface area contributed by atoms with E-state index in [1.54, 1.807) is 9.13 Å². The van der Waals surface area contributed by atoms with Gasteiger partial charge in [0.1, 0.15) is 11.5 Å². The van der Waals surface area contributed by atoms with Crippen LogP contribution in [0.4, 0.5) is 5.82 Å². The topological polar surface area (TPSA) is 102 Å². The van der Waals surface area contributed by atoms with Gasteiger partial charge in [0.25, 0.3) is 0 Å². The summed E-state index contributed by atoms with van der Waals surface area (Å²) in [5.74, 6) is 0.896. The maximum atomic E-state index is 13.0. The Morgan fingerprint density at radius 1 is 1.28 bits per heavy atom. The van der Waals surface area contributed by atoms with Gasteiger partial charge in [-0.15, -0.1) is 0 Å². The number of benzene rings is 1. The van der Waals surface area contributed by atoms with Crippen LogP contribution in [0.2, 0.25) is 0 Å². The number of hydrogen-bond acceptors (Lipinski definition) is 5. The van der Waals surface area contributed by atoms with Crippen molar-refractivity contribution in [2.75, 3.05) is 5.32 Å². The molecule has 4 rings (SSSR count). The van der Waals surface area contributed by atoms with E-state index in [0.29, 0.717) is 30.4 Å². The minimum atomic E-state index is -0.988. The standard InChI is InChI=1S/C21H23N5O3/c1-3-11-25-20-17(19-22-15(4-2)12-26(19)21(25)29)23-18(24-20)14-8-5-13(6-9-14)7-10-16(27)28/h5-10,15,22H,3-4,11-12H2,1-2H3,(H,27,28)/b10-7+. The molecule has 2 N–H and O–H groups in total. The fourth-order valence-electron chi connectivity index (χ4n) is 3.61. The second kappa shape index (κ2) is 7.54. The Bertz CT molecular complexity index is 1110. The first kappa shape index (κ1) is 18.9. The molecule has 0 saturated carbocycles. The van der Waals surface area contributed by atoms with Crippen molar-refractivity contribution in [1.82, 2.24) is 19.1 Å². The average Bonchev–Trinajstić information content (AvgIpc) is 3.34. The predicted octanol–water partition coefficient (Wildman–Crippen LogP) is 2.92. The number of carboxylic acid groups (broad SMARTS) is 1. The van der Waals surface area contributed by atoms with Crippen LogP contribution in [0.5, 0.6) is 0 Å². The molecule has 0 spiro atoms. The summed E-state index contributed by atoms with van der Waals surface area (Å²) in [6.45, 7) is 5.35. The molecule has 1 aromatic rings. The van der Waals surface area contributed by atoms with Gasteiger partial charge in [-0.1, -0.05) is 38.1 Å². The van der Waals surface area contributed by atoms with Gasteiger partial charge in [0, 0.05) is 30.8 Å². The smallest absolute Gasteiger partial charge is 0.331 e. The molecule has 150 valence electrons. The molecule has 1 unspecified atom stereocenters. The first-order chi connectivity index (χ1) is 14.0. The molecule has 1 aromatic carbocycles. The number of hydrogen-bond donors (Lipinski definition) is 2. The molecule has 1 atom stereocenters. The van der Waals surface area contributed by atoms with Crippen LogP contribution in [-0.4, -0.2) is 36.2 Å². The molecule has 0 aromatic heterocycles. The van der Waals surface area contributed by atoms with E-state index in [-0.39, 0.29) is 11.7 Å². The van der Waals surface area contributed by atoms with Crippen molar-refractivity contribution in [2.45, 2.75) is 45.8 Å². The number of nitrogens with one attached hydrogen (secondary N) is 1. The first-order valence-electron chi connectivity index (χ1n) is 9.80. The quantitative estimate of drug-likeness (QED) is 0.625. The first-order valence-corrected chi connectivity index (χ1v) is 9.80. The zero-order valence-corrected chi connectivity index (χ0v) is 16.4. The highest BCUT2D eigenvalue weighted by atomic mass is 16.4. The maximum Gasteiger partial charge on any atom is 0.331 e. The Labute approximate surface area is 167 Å². The molecule has 8 nitrogen and oxygen atoms in total. The van der Waals surface area contributed by atoms with Crippen LogP contribution in [0, 0.1) is 0 Å². The van der Waals surface area contributed by atoms with E-state index in [9.17, 15) is 9.59 Å². The summed E-state index contributed by atoms with van der Waals surface area (Å²) >= 11 is 0. The zero-order chi connectivity index (χ0) is 20.5. The SMILES string of the molecule is CCCn1c2nc(-c3ccc(/C=C/C(=O)O)cc3)nc-2c2n(c1=O)CC(CC)N2. The summed E-state index contributed by atoms with van der Waals surface area (Å²) in [4.78, 5) is 33.1. The van der Waals surface area contributed by atoms with Crippen LogP contribution in [0.1, 0.15) is 32.3 Å². The van der Waals surface area contributed by atoms with Crippen LogP contribution < -0.4 is 11.0 Å². The summed E-state index contributed by atoms with van der Waals surface area (Å²) < 4.78 is 3.48. The number of anilines is 1.